The van der Waals surface area contributed by atoms with E-state index in [2.05, 4.69) is 27.5 Å². The van der Waals surface area contributed by atoms with Gasteiger partial charge in [-0.2, -0.15) is 4.28 Å². The number of hydrogen-bond donors (Lipinski definition) is 6. The number of thioether (sulfide) groups is 1. The molecule has 0 aromatic heterocycles. The van der Waals surface area contributed by atoms with Gasteiger partial charge < -0.3 is 41.3 Å². The SMILES string of the molecule is C=NC(=C\SCN)/C(=N/OC(C)(C(=O)O)C1CCc2cc(C(N)=NC3CC4CNCC43)ccc2O1)C(=O)NC(C)C(C)(C)N(C=O)OSO. The number of amidine groups is 1. The molecule has 16 nitrogen and oxygen atoms in total. The maximum absolute atomic E-state index is 13.6. The van der Waals surface area contributed by atoms with Crippen molar-refractivity contribution in [2.45, 2.75) is 76.3 Å². The van der Waals surface area contributed by atoms with E-state index in [1.54, 1.807) is 32.9 Å². The topological polar surface area (TPSA) is 236 Å². The van der Waals surface area contributed by atoms with Gasteiger partial charge in [0.15, 0.2) is 24.1 Å². The number of nitrogens with zero attached hydrogens (tertiary/aromatic N) is 4. The van der Waals surface area contributed by atoms with Crippen LogP contribution in [0.5, 0.6) is 5.75 Å². The second-order valence-corrected chi connectivity index (χ2v) is 13.9. The molecule has 2 amide bonds. The molecule has 2 aliphatic heterocycles. The number of carboxylic acids is 1. The van der Waals surface area contributed by atoms with Crippen molar-refractivity contribution >= 4 is 60.6 Å². The van der Waals surface area contributed by atoms with Crippen molar-refractivity contribution in [2.75, 3.05) is 19.0 Å². The monoisotopic (exact) mass is 720 g/mol. The van der Waals surface area contributed by atoms with E-state index in [4.69, 9.17) is 34.9 Å². The number of carboxylic acid groups (broad SMARTS) is 1. The van der Waals surface area contributed by atoms with Gasteiger partial charge in [0.25, 0.3) is 11.5 Å². The van der Waals surface area contributed by atoms with Gasteiger partial charge in [-0.05, 0) is 95.8 Å². The number of fused-ring (bicyclic) bond motifs is 2. The van der Waals surface area contributed by atoms with Crippen LogP contribution in [0.2, 0.25) is 0 Å². The lowest BCUT2D eigenvalue weighted by atomic mass is 9.72. The highest BCUT2D eigenvalue weighted by Crippen LogP contribution is 2.40. The summed E-state index contributed by atoms with van der Waals surface area (Å²) < 4.78 is 20.1. The highest BCUT2D eigenvalue weighted by atomic mass is 32.2. The molecular formula is C31H44N8O8S2. The highest BCUT2D eigenvalue weighted by molar-refractivity contribution is 8.02. The fourth-order valence-electron chi connectivity index (χ4n) is 5.88. The van der Waals surface area contributed by atoms with Crippen molar-refractivity contribution in [3.05, 3.63) is 40.4 Å². The van der Waals surface area contributed by atoms with E-state index in [1.165, 1.54) is 12.3 Å². The molecule has 18 heteroatoms. The lowest BCUT2D eigenvalue weighted by molar-refractivity contribution is -0.178. The summed E-state index contributed by atoms with van der Waals surface area (Å²) in [6, 6.07) is 4.85. The van der Waals surface area contributed by atoms with Gasteiger partial charge in [0, 0.05) is 23.4 Å². The summed E-state index contributed by atoms with van der Waals surface area (Å²) in [5.41, 5.74) is 9.98. The Labute approximate surface area is 293 Å². The Kier molecular flexibility index (Phi) is 12.7. The maximum Gasteiger partial charge on any atom is 0.354 e. The Hall–Kier alpha value is -3.68. The molecule has 0 spiro atoms. The number of carbonyl (C=O) groups excluding carboxylic acids is 2. The zero-order chi connectivity index (χ0) is 35.9. The van der Waals surface area contributed by atoms with Gasteiger partial charge >= 0.3 is 5.97 Å². The van der Waals surface area contributed by atoms with E-state index in [0.29, 0.717) is 36.3 Å². The number of ether oxygens (including phenoxy) is 1. The first-order valence-corrected chi connectivity index (χ1v) is 17.4. The zero-order valence-corrected chi connectivity index (χ0v) is 29.5. The summed E-state index contributed by atoms with van der Waals surface area (Å²) in [5, 5.41) is 22.7. The number of aliphatic imine (C=N–C) groups is 2. The normalized spacial score (nSPS) is 24.2. The van der Waals surface area contributed by atoms with E-state index in [0.717, 1.165) is 47.5 Å². The van der Waals surface area contributed by atoms with Crippen molar-refractivity contribution < 1.29 is 37.9 Å². The van der Waals surface area contributed by atoms with Crippen LogP contribution < -0.4 is 26.8 Å². The van der Waals surface area contributed by atoms with Crippen LogP contribution in [0.25, 0.3) is 0 Å². The Morgan fingerprint density at radius 2 is 2.08 bits per heavy atom. The van der Waals surface area contributed by atoms with Gasteiger partial charge in [-0.1, -0.05) is 5.16 Å². The maximum atomic E-state index is 13.6. The molecule has 6 unspecified atom stereocenters. The van der Waals surface area contributed by atoms with Crippen molar-refractivity contribution in [3.63, 3.8) is 0 Å². The number of hydrogen-bond acceptors (Lipinski definition) is 14. The molecular weight excluding hydrogens is 677 g/mol. The molecule has 2 fully saturated rings. The third-order valence-electron chi connectivity index (χ3n) is 9.51. The fraction of sp³-hybridized carbons (Fsp3) is 0.548. The number of hydroxylamine groups is 2. The largest absolute Gasteiger partial charge is 0.485 e. The number of rotatable bonds is 17. The van der Waals surface area contributed by atoms with E-state index >= 15 is 0 Å². The molecule has 1 aliphatic carbocycles. The Bertz CT molecular complexity index is 1510. The summed E-state index contributed by atoms with van der Waals surface area (Å²) in [4.78, 5) is 52.2. The van der Waals surface area contributed by atoms with E-state index in [9.17, 15) is 19.5 Å². The first-order valence-electron chi connectivity index (χ1n) is 15.7. The van der Waals surface area contributed by atoms with Gasteiger partial charge in [0.2, 0.25) is 6.41 Å². The smallest absolute Gasteiger partial charge is 0.354 e. The Morgan fingerprint density at radius 3 is 2.71 bits per heavy atom. The standard InChI is InChI=1S/C31H44N8O8S2/c1-17(30(2,3)39(16-40)47-49-44)36-28(41)26(23(34-5)14-48-15-32)38-46-31(4,29(42)43)25-9-7-18-10-19(6-8-24(18)45-25)27(33)37-22-11-20-12-35-13-21(20)22/h6,8,10,14,16-17,20-22,25,35,44H,5,7,9,11-13,15,32H2,1-4H3,(H2,33,37)(H,36,41)(H,42,43)/b23-14-,38-26-. The summed E-state index contributed by atoms with van der Waals surface area (Å²) in [5.74, 6) is 0.0623. The van der Waals surface area contributed by atoms with Crippen molar-refractivity contribution in [2.24, 2.45) is 38.4 Å². The van der Waals surface area contributed by atoms with Gasteiger partial charge in [-0.25, -0.2) is 9.86 Å². The Balaban J connectivity index is 1.55. The van der Waals surface area contributed by atoms with Crippen LogP contribution in [0.3, 0.4) is 0 Å². The number of carbonyl (C=O) groups is 3. The van der Waals surface area contributed by atoms with E-state index < -0.39 is 40.9 Å². The lowest BCUT2D eigenvalue weighted by Gasteiger charge is -2.38. The average molecular weight is 721 g/mol. The number of aliphatic carboxylic acids is 1. The van der Waals surface area contributed by atoms with Crippen LogP contribution in [-0.4, -0.2) is 99.6 Å². The molecule has 1 aromatic carbocycles. The molecule has 268 valence electrons. The molecule has 8 N–H and O–H groups in total. The minimum Gasteiger partial charge on any atom is -0.485 e. The van der Waals surface area contributed by atoms with Crippen LogP contribution in [0.15, 0.2) is 44.4 Å². The highest BCUT2D eigenvalue weighted by Gasteiger charge is 2.49. The predicted octanol–water partition coefficient (Wildman–Crippen LogP) is 1.90. The van der Waals surface area contributed by atoms with Crippen LogP contribution in [0.1, 0.15) is 51.7 Å². The van der Waals surface area contributed by atoms with Gasteiger partial charge in [-0.3, -0.25) is 19.6 Å². The molecule has 0 radical (unpaired) electrons. The molecule has 49 heavy (non-hydrogen) atoms. The van der Waals surface area contributed by atoms with Crippen LogP contribution in [0, 0.1) is 11.8 Å². The van der Waals surface area contributed by atoms with Gasteiger partial charge in [0.05, 0.1) is 17.6 Å². The minimum absolute atomic E-state index is 0.0353. The van der Waals surface area contributed by atoms with Crippen molar-refractivity contribution in [1.29, 1.82) is 0 Å². The molecule has 2 heterocycles. The van der Waals surface area contributed by atoms with Crippen LogP contribution in [-0.2, 0) is 29.9 Å². The summed E-state index contributed by atoms with van der Waals surface area (Å²) in [6.45, 7) is 11.6. The third kappa shape index (κ3) is 8.38. The Morgan fingerprint density at radius 1 is 1.33 bits per heavy atom. The van der Waals surface area contributed by atoms with Gasteiger partial charge in [0.1, 0.15) is 17.3 Å². The first-order chi connectivity index (χ1) is 23.3. The number of oxime groups is 1. The second-order valence-electron chi connectivity index (χ2n) is 12.7. The number of aryl methyl sites for hydroxylation is 1. The molecule has 1 saturated carbocycles. The molecule has 1 aromatic rings. The van der Waals surface area contributed by atoms with Crippen LogP contribution in [0.4, 0.5) is 0 Å². The van der Waals surface area contributed by atoms with E-state index in [-0.39, 0.29) is 36.4 Å². The first kappa shape index (κ1) is 38.1. The van der Waals surface area contributed by atoms with Crippen molar-refractivity contribution in [3.8, 4) is 5.75 Å². The summed E-state index contributed by atoms with van der Waals surface area (Å²) in [6.07, 6.45) is 1.09. The average Bonchev–Trinajstić information content (AvgIpc) is 3.46. The molecule has 0 bridgehead atoms. The van der Waals surface area contributed by atoms with E-state index in [1.807, 2.05) is 6.07 Å². The molecule has 3 aliphatic rings. The minimum atomic E-state index is -2.04. The fourth-order valence-corrected chi connectivity index (χ4v) is 6.62. The number of amides is 2. The third-order valence-corrected chi connectivity index (χ3v) is 10.3. The van der Waals surface area contributed by atoms with Crippen LogP contribution >= 0.6 is 24.1 Å². The predicted molar refractivity (Wildman–Crippen MR) is 188 cm³/mol. The zero-order valence-electron chi connectivity index (χ0n) is 27.8. The molecule has 6 atom stereocenters. The molecule has 1 saturated heterocycles. The quantitative estimate of drug-likeness (QED) is 0.0337. The molecule has 4 rings (SSSR count). The van der Waals surface area contributed by atoms with Crippen molar-refractivity contribution in [1.82, 2.24) is 15.7 Å². The number of nitrogens with one attached hydrogen (secondary N) is 2. The lowest BCUT2D eigenvalue weighted by Crippen LogP contribution is -2.57. The van der Waals surface area contributed by atoms with Gasteiger partial charge in [-0.15, -0.1) is 11.8 Å². The number of nitrogens with two attached hydrogens (primary N) is 2. The summed E-state index contributed by atoms with van der Waals surface area (Å²) in [7, 11) is 0. The number of benzene rings is 1. The summed E-state index contributed by atoms with van der Waals surface area (Å²) >= 11 is 1.06. The second kappa shape index (κ2) is 16.4.